The van der Waals surface area contributed by atoms with Crippen molar-refractivity contribution < 1.29 is 19.1 Å². The van der Waals surface area contributed by atoms with Crippen molar-refractivity contribution in [2.45, 2.75) is 33.1 Å². The first-order valence-electron chi connectivity index (χ1n) is 10.8. The Morgan fingerprint density at radius 1 is 1.09 bits per heavy atom. The number of hydrogen-bond donors (Lipinski definition) is 2. The third-order valence-electron chi connectivity index (χ3n) is 5.45. The van der Waals surface area contributed by atoms with Crippen LogP contribution in [0, 0.1) is 0 Å². The molecule has 0 bridgehead atoms. The number of carbonyl (C=O) groups is 2. The number of likely N-dealkylation sites (N-methyl/N-ethyl adjacent to an activating group) is 1. The maximum Gasteiger partial charge on any atom is 0.341 e. The average molecular weight is 476 g/mol. The normalized spacial score (nSPS) is 12.4. The number of methoxy groups -OCH3 is 1. The van der Waals surface area contributed by atoms with E-state index in [9.17, 15) is 9.59 Å². The number of benzene rings is 1. The van der Waals surface area contributed by atoms with E-state index < -0.39 is 0 Å². The van der Waals surface area contributed by atoms with Gasteiger partial charge in [0, 0.05) is 17.1 Å². The summed E-state index contributed by atoms with van der Waals surface area (Å²) in [5, 5.41) is 7.29. The molecule has 0 amide bonds. The summed E-state index contributed by atoms with van der Waals surface area (Å²) in [5.41, 5.74) is 2.86. The lowest BCUT2D eigenvalue weighted by atomic mass is 10.1. The third kappa shape index (κ3) is 5.85. The summed E-state index contributed by atoms with van der Waals surface area (Å²) in [6.45, 7) is 7.10. The lowest BCUT2D eigenvalue weighted by molar-refractivity contribution is 0.0466. The number of thiophene rings is 1. The molecular formula is C23H29N3O4S2. The molecule has 3 rings (SSSR count). The highest BCUT2D eigenvalue weighted by atomic mass is 32.1. The Morgan fingerprint density at radius 3 is 2.47 bits per heavy atom. The molecule has 1 aromatic carbocycles. The highest BCUT2D eigenvalue weighted by Gasteiger charge is 2.27. The van der Waals surface area contributed by atoms with E-state index in [-0.39, 0.29) is 11.9 Å². The number of nitrogens with zero attached hydrogens (tertiary/aromatic N) is 1. The molecule has 0 unspecified atom stereocenters. The van der Waals surface area contributed by atoms with Crippen LogP contribution < -0.4 is 10.6 Å². The molecule has 0 saturated heterocycles. The Labute approximate surface area is 198 Å². The van der Waals surface area contributed by atoms with Crippen molar-refractivity contribution in [3.63, 3.8) is 0 Å². The van der Waals surface area contributed by atoms with Crippen LogP contribution in [0.3, 0.4) is 0 Å². The van der Waals surface area contributed by atoms with Crippen molar-refractivity contribution in [1.29, 1.82) is 0 Å². The minimum Gasteiger partial charge on any atom is -0.465 e. The molecule has 2 N–H and O–H groups in total. The molecule has 0 spiro atoms. The van der Waals surface area contributed by atoms with Crippen molar-refractivity contribution in [2.75, 3.05) is 44.0 Å². The first-order valence-corrected chi connectivity index (χ1v) is 12.0. The van der Waals surface area contributed by atoms with Gasteiger partial charge in [0.1, 0.15) is 11.6 Å². The molecule has 9 heteroatoms. The number of carbonyl (C=O) groups excluding carboxylic acids is 2. The van der Waals surface area contributed by atoms with Gasteiger partial charge in [0.15, 0.2) is 5.11 Å². The molecule has 2 aromatic rings. The van der Waals surface area contributed by atoms with Crippen LogP contribution in [0.4, 0.5) is 10.7 Å². The summed E-state index contributed by atoms with van der Waals surface area (Å²) in [6, 6.07) is 6.93. The van der Waals surface area contributed by atoms with Gasteiger partial charge in [-0.05, 0) is 74.4 Å². The lowest BCUT2D eigenvalue weighted by Gasteiger charge is -2.17. The number of aryl methyl sites for hydroxylation is 1. The van der Waals surface area contributed by atoms with Gasteiger partial charge in [-0.25, -0.2) is 9.59 Å². The molecule has 32 heavy (non-hydrogen) atoms. The van der Waals surface area contributed by atoms with Gasteiger partial charge in [0.05, 0.1) is 18.2 Å². The van der Waals surface area contributed by atoms with Gasteiger partial charge in [0.25, 0.3) is 0 Å². The maximum absolute atomic E-state index is 12.3. The molecule has 1 aliphatic carbocycles. The molecule has 172 valence electrons. The standard InChI is InChI=1S/C23H29N3O4S2/c1-4-26(5-2)13-14-30-21(27)15-9-11-16(12-10-15)24-23(31)25-20-19(22(28)29-3)17-7-6-8-18(17)32-20/h9-12H,4-8,13-14H2,1-3H3,(H2,24,25,31). The first kappa shape index (κ1) is 24.2. The van der Waals surface area contributed by atoms with E-state index in [1.165, 1.54) is 12.0 Å². The fraction of sp³-hybridized carbons (Fsp3) is 0.435. The van der Waals surface area contributed by atoms with Crippen LogP contribution in [0.15, 0.2) is 24.3 Å². The second-order valence-electron chi connectivity index (χ2n) is 7.37. The minimum absolute atomic E-state index is 0.347. The Hall–Kier alpha value is -2.49. The van der Waals surface area contributed by atoms with E-state index in [0.29, 0.717) is 27.8 Å². The number of fused-ring (bicyclic) bond motifs is 1. The van der Waals surface area contributed by atoms with Gasteiger partial charge >= 0.3 is 11.9 Å². The molecule has 0 fully saturated rings. The largest absolute Gasteiger partial charge is 0.465 e. The zero-order chi connectivity index (χ0) is 23.1. The van der Waals surface area contributed by atoms with E-state index in [1.54, 1.807) is 35.6 Å². The lowest BCUT2D eigenvalue weighted by Crippen LogP contribution is -2.27. The summed E-state index contributed by atoms with van der Waals surface area (Å²) in [5.74, 6) is -0.696. The van der Waals surface area contributed by atoms with Crippen molar-refractivity contribution in [2.24, 2.45) is 0 Å². The second-order valence-corrected chi connectivity index (χ2v) is 8.89. The van der Waals surface area contributed by atoms with Crippen LogP contribution in [0.25, 0.3) is 0 Å². The molecule has 0 atom stereocenters. The molecule has 0 radical (unpaired) electrons. The van der Waals surface area contributed by atoms with Crippen LogP contribution in [-0.4, -0.2) is 55.3 Å². The van der Waals surface area contributed by atoms with Crippen LogP contribution >= 0.6 is 23.6 Å². The third-order valence-corrected chi connectivity index (χ3v) is 6.86. The molecule has 7 nitrogen and oxygen atoms in total. The quantitative estimate of drug-likeness (QED) is 0.410. The summed E-state index contributed by atoms with van der Waals surface area (Å²) in [4.78, 5) is 27.9. The summed E-state index contributed by atoms with van der Waals surface area (Å²) < 4.78 is 10.3. The van der Waals surface area contributed by atoms with E-state index in [0.717, 1.165) is 50.1 Å². The van der Waals surface area contributed by atoms with Gasteiger partial charge < -0.3 is 25.0 Å². The fourth-order valence-corrected chi connectivity index (χ4v) is 5.22. The van der Waals surface area contributed by atoms with Crippen LogP contribution in [0.2, 0.25) is 0 Å². The van der Waals surface area contributed by atoms with Crippen LogP contribution in [0.5, 0.6) is 0 Å². The number of rotatable bonds is 9. The molecule has 0 aliphatic heterocycles. The van der Waals surface area contributed by atoms with Crippen LogP contribution in [-0.2, 0) is 22.3 Å². The van der Waals surface area contributed by atoms with Crippen molar-refractivity contribution in [3.8, 4) is 0 Å². The minimum atomic E-state index is -0.349. The Kier molecular flexibility index (Phi) is 8.60. The molecule has 1 aromatic heterocycles. The zero-order valence-corrected chi connectivity index (χ0v) is 20.3. The topological polar surface area (TPSA) is 79.9 Å². The van der Waals surface area contributed by atoms with Crippen molar-refractivity contribution >= 4 is 51.3 Å². The summed E-state index contributed by atoms with van der Waals surface area (Å²) in [7, 11) is 1.39. The number of esters is 2. The first-order chi connectivity index (χ1) is 15.5. The smallest absolute Gasteiger partial charge is 0.341 e. The number of anilines is 2. The van der Waals surface area contributed by atoms with Gasteiger partial charge in [-0.3, -0.25) is 0 Å². The van der Waals surface area contributed by atoms with Gasteiger partial charge in [-0.1, -0.05) is 13.8 Å². The van der Waals surface area contributed by atoms with Gasteiger partial charge in [0.2, 0.25) is 0 Å². The Balaban J connectivity index is 1.56. The average Bonchev–Trinajstić information content (AvgIpc) is 3.37. The SMILES string of the molecule is CCN(CC)CCOC(=O)c1ccc(NC(=S)Nc2sc3c(c2C(=O)OC)CCC3)cc1. The predicted octanol–water partition coefficient (Wildman–Crippen LogP) is 4.33. The Morgan fingerprint density at radius 2 is 1.81 bits per heavy atom. The highest BCUT2D eigenvalue weighted by molar-refractivity contribution is 7.80. The summed E-state index contributed by atoms with van der Waals surface area (Å²) in [6.07, 6.45) is 2.90. The van der Waals surface area contributed by atoms with E-state index in [2.05, 4.69) is 29.4 Å². The zero-order valence-electron chi connectivity index (χ0n) is 18.7. The van der Waals surface area contributed by atoms with Crippen LogP contribution in [0.1, 0.15) is 51.4 Å². The number of ether oxygens (including phenoxy) is 2. The van der Waals surface area contributed by atoms with Crippen molar-refractivity contribution in [1.82, 2.24) is 4.90 Å². The van der Waals surface area contributed by atoms with Gasteiger partial charge in [-0.2, -0.15) is 0 Å². The van der Waals surface area contributed by atoms with E-state index in [1.807, 2.05) is 0 Å². The monoisotopic (exact) mass is 475 g/mol. The second kappa shape index (κ2) is 11.4. The molecule has 1 aliphatic rings. The van der Waals surface area contributed by atoms with E-state index in [4.69, 9.17) is 21.7 Å². The number of hydrogen-bond acceptors (Lipinski definition) is 7. The molecule has 1 heterocycles. The highest BCUT2D eigenvalue weighted by Crippen LogP contribution is 2.39. The molecular weight excluding hydrogens is 446 g/mol. The predicted molar refractivity (Wildman–Crippen MR) is 132 cm³/mol. The fourth-order valence-electron chi connectivity index (χ4n) is 3.66. The van der Waals surface area contributed by atoms with Gasteiger partial charge in [-0.15, -0.1) is 11.3 Å². The molecule has 0 saturated carbocycles. The summed E-state index contributed by atoms with van der Waals surface area (Å²) >= 11 is 6.98. The Bertz CT molecular complexity index is 968. The number of nitrogens with one attached hydrogen (secondary N) is 2. The maximum atomic E-state index is 12.3. The van der Waals surface area contributed by atoms with E-state index >= 15 is 0 Å². The van der Waals surface area contributed by atoms with Crippen molar-refractivity contribution in [3.05, 3.63) is 45.8 Å². The number of thiocarbonyl (C=S) groups is 1.